The Morgan fingerprint density at radius 2 is 1.55 bits per heavy atom. The van der Waals surface area contributed by atoms with Crippen LogP contribution in [0.3, 0.4) is 0 Å². The van der Waals surface area contributed by atoms with Crippen LogP contribution in [0.5, 0.6) is 0 Å². The molecule has 2 heteroatoms. The van der Waals surface area contributed by atoms with E-state index in [4.69, 9.17) is 0 Å². The Morgan fingerprint density at radius 3 is 2.20 bits per heavy atom. The van der Waals surface area contributed by atoms with Crippen LogP contribution >= 0.6 is 0 Å². The van der Waals surface area contributed by atoms with Crippen molar-refractivity contribution in [2.75, 3.05) is 0 Å². The summed E-state index contributed by atoms with van der Waals surface area (Å²) in [7, 11) is 1.08. The third kappa shape index (κ3) is 3.99. The molecule has 0 unspecified atom stereocenters. The molecule has 0 saturated carbocycles. The molecule has 0 N–H and O–H groups in total. The molecule has 0 atom stereocenters. The zero-order chi connectivity index (χ0) is 13.7. The molecule has 0 aromatic heterocycles. The van der Waals surface area contributed by atoms with Crippen LogP contribution in [0.1, 0.15) is 5.56 Å². The van der Waals surface area contributed by atoms with E-state index in [1.54, 1.807) is 0 Å². The number of fused-ring (bicyclic) bond motifs is 1. The van der Waals surface area contributed by atoms with Gasteiger partial charge in [-0.15, -0.1) is 34.5 Å². The van der Waals surface area contributed by atoms with E-state index < -0.39 is 0 Å². The van der Waals surface area contributed by atoms with Gasteiger partial charge in [0.25, 0.3) is 0 Å². The van der Waals surface area contributed by atoms with Crippen LogP contribution in [0.15, 0.2) is 60.7 Å². The number of aryl methyl sites for hydroxylation is 1. The van der Waals surface area contributed by atoms with E-state index in [9.17, 15) is 0 Å². The summed E-state index contributed by atoms with van der Waals surface area (Å²) in [6.45, 7) is 6.45. The Bertz CT molecular complexity index is 641. The first-order valence-electron chi connectivity index (χ1n) is 6.56. The topological polar surface area (TPSA) is 0 Å². The summed E-state index contributed by atoms with van der Waals surface area (Å²) in [6, 6.07) is 21.6. The molecule has 3 aromatic rings. The van der Waals surface area contributed by atoms with Gasteiger partial charge in [0.05, 0.1) is 0 Å². The SMILES string of the molecule is C[Si]C.Cc1cc2c(-c3ccccc3)cccc2[cH-]1.[Ti]. The zero-order valence-corrected chi connectivity index (χ0v) is 14.8. The van der Waals surface area contributed by atoms with Gasteiger partial charge in [-0.05, 0) is 5.56 Å². The van der Waals surface area contributed by atoms with Gasteiger partial charge in [0.15, 0.2) is 0 Å². The first-order valence-corrected chi connectivity index (χ1v) is 8.56. The number of rotatable bonds is 1. The minimum atomic E-state index is 0. The maximum absolute atomic E-state index is 2.26. The molecule has 0 heterocycles. The summed E-state index contributed by atoms with van der Waals surface area (Å²) in [5.41, 5.74) is 3.95. The van der Waals surface area contributed by atoms with Gasteiger partial charge in [-0.3, -0.25) is 0 Å². The number of hydrogen-bond donors (Lipinski definition) is 0. The summed E-state index contributed by atoms with van der Waals surface area (Å²) in [5, 5.41) is 2.69. The van der Waals surface area contributed by atoms with E-state index in [0.29, 0.717) is 0 Å². The van der Waals surface area contributed by atoms with Crippen molar-refractivity contribution in [3.05, 3.63) is 66.2 Å². The van der Waals surface area contributed by atoms with Crippen molar-refractivity contribution < 1.29 is 21.7 Å². The molecule has 0 amide bonds. The summed E-state index contributed by atoms with van der Waals surface area (Å²) in [5.74, 6) is 0. The van der Waals surface area contributed by atoms with Gasteiger partial charge in [0.2, 0.25) is 0 Å². The maximum atomic E-state index is 2.26. The molecule has 0 bridgehead atoms. The molecular formula is C18H19SiTi-. The van der Waals surface area contributed by atoms with Crippen molar-refractivity contribution >= 4 is 20.3 Å². The number of benzene rings is 2. The Kier molecular flexibility index (Phi) is 7.08. The van der Waals surface area contributed by atoms with Gasteiger partial charge in [-0.25, -0.2) is 0 Å². The third-order valence-corrected chi connectivity index (χ3v) is 2.98. The Hall–Kier alpha value is -1.02. The Morgan fingerprint density at radius 1 is 0.900 bits per heavy atom. The van der Waals surface area contributed by atoms with Gasteiger partial charge in [0.1, 0.15) is 0 Å². The molecule has 20 heavy (non-hydrogen) atoms. The molecule has 0 aliphatic carbocycles. The monoisotopic (exact) mass is 311 g/mol. The maximum Gasteiger partial charge on any atom is 0.0307 e. The Labute approximate surface area is 139 Å². The van der Waals surface area contributed by atoms with E-state index in [1.165, 1.54) is 27.5 Å². The van der Waals surface area contributed by atoms with Crippen molar-refractivity contribution in [3.8, 4) is 11.1 Å². The summed E-state index contributed by atoms with van der Waals surface area (Å²) in [6.07, 6.45) is 0. The normalized spacial score (nSPS) is 9.55. The van der Waals surface area contributed by atoms with E-state index in [-0.39, 0.29) is 21.7 Å². The standard InChI is InChI=1S/C16H13.C2H6Si.Ti/c1-12-10-14-8-5-9-15(16(14)11-12)13-6-3-2-4-7-13;1-3-2;/h2-11H,1H3;1-2H3;/q-1;;. The van der Waals surface area contributed by atoms with Crippen molar-refractivity contribution in [2.45, 2.75) is 20.0 Å². The van der Waals surface area contributed by atoms with Gasteiger partial charge >= 0.3 is 0 Å². The van der Waals surface area contributed by atoms with Crippen LogP contribution in [-0.2, 0) is 21.7 Å². The second kappa shape index (κ2) is 8.31. The van der Waals surface area contributed by atoms with E-state index >= 15 is 0 Å². The molecule has 0 aliphatic rings. The molecule has 3 aromatic carbocycles. The van der Waals surface area contributed by atoms with Gasteiger partial charge < -0.3 is 0 Å². The molecule has 0 aliphatic heterocycles. The smallest absolute Gasteiger partial charge is 0.0307 e. The van der Waals surface area contributed by atoms with Crippen molar-refractivity contribution in [2.24, 2.45) is 0 Å². The van der Waals surface area contributed by atoms with Crippen LogP contribution < -0.4 is 0 Å². The molecule has 3 rings (SSSR count). The predicted octanol–water partition coefficient (Wildman–Crippen LogP) is 5.32. The van der Waals surface area contributed by atoms with Crippen LogP contribution in [0, 0.1) is 6.92 Å². The summed E-state index contributed by atoms with van der Waals surface area (Å²) < 4.78 is 0. The largest absolute Gasteiger partial charge is 0.165 e. The number of hydrogen-bond acceptors (Lipinski definition) is 0. The van der Waals surface area contributed by atoms with Crippen LogP contribution in [0.4, 0.5) is 0 Å². The van der Waals surface area contributed by atoms with Crippen LogP contribution in [-0.4, -0.2) is 9.52 Å². The average Bonchev–Trinajstić information content (AvgIpc) is 2.80. The fourth-order valence-electron chi connectivity index (χ4n) is 2.25. The summed E-state index contributed by atoms with van der Waals surface area (Å²) >= 11 is 0. The van der Waals surface area contributed by atoms with E-state index in [2.05, 4.69) is 80.7 Å². The first-order chi connectivity index (χ1) is 9.26. The van der Waals surface area contributed by atoms with Gasteiger partial charge in [-0.2, -0.15) is 6.07 Å². The zero-order valence-electron chi connectivity index (χ0n) is 12.3. The van der Waals surface area contributed by atoms with Crippen LogP contribution in [0.25, 0.3) is 21.9 Å². The third-order valence-electron chi connectivity index (χ3n) is 2.98. The van der Waals surface area contributed by atoms with E-state index in [1.807, 2.05) is 0 Å². The average molecular weight is 311 g/mol. The predicted molar refractivity (Wildman–Crippen MR) is 87.2 cm³/mol. The molecule has 0 spiro atoms. The first kappa shape index (κ1) is 17.0. The minimum Gasteiger partial charge on any atom is -0.165 e. The molecule has 0 saturated heterocycles. The van der Waals surface area contributed by atoms with Gasteiger partial charge in [0, 0.05) is 31.2 Å². The second-order valence-corrected chi connectivity index (χ2v) is 5.71. The van der Waals surface area contributed by atoms with Crippen LogP contribution in [0.2, 0.25) is 13.1 Å². The quantitative estimate of drug-likeness (QED) is 0.421. The molecule has 100 valence electrons. The molecular weight excluding hydrogens is 292 g/mol. The molecule has 2 radical (unpaired) electrons. The van der Waals surface area contributed by atoms with Crippen molar-refractivity contribution in [1.82, 2.24) is 0 Å². The van der Waals surface area contributed by atoms with Gasteiger partial charge in [-0.1, -0.05) is 62.0 Å². The fraction of sp³-hybridized carbons (Fsp3) is 0.167. The minimum absolute atomic E-state index is 0. The Balaban J connectivity index is 0.000000462. The second-order valence-electron chi connectivity index (χ2n) is 4.71. The van der Waals surface area contributed by atoms with Crippen molar-refractivity contribution in [3.63, 3.8) is 0 Å². The van der Waals surface area contributed by atoms with E-state index in [0.717, 1.165) is 9.52 Å². The molecule has 0 fully saturated rings. The molecule has 0 nitrogen and oxygen atoms in total. The fourth-order valence-corrected chi connectivity index (χ4v) is 2.25. The van der Waals surface area contributed by atoms with Crippen molar-refractivity contribution in [1.29, 1.82) is 0 Å². The summed E-state index contributed by atoms with van der Waals surface area (Å²) in [4.78, 5) is 0.